The Bertz CT molecular complexity index is 547. The molecule has 0 saturated carbocycles. The highest BCUT2D eigenvalue weighted by molar-refractivity contribution is 5.53. The van der Waals surface area contributed by atoms with Gasteiger partial charge < -0.3 is 0 Å². The molecule has 94 valence electrons. The second-order valence-electron chi connectivity index (χ2n) is 4.94. The van der Waals surface area contributed by atoms with Gasteiger partial charge in [0.2, 0.25) is 0 Å². The molecule has 0 fully saturated rings. The third-order valence-corrected chi connectivity index (χ3v) is 3.52. The SMILES string of the molecule is C=C(CC)C1=CC(c2cc(C)ccc2F)C=C1C. The Labute approximate surface area is 109 Å². The van der Waals surface area contributed by atoms with Crippen molar-refractivity contribution in [3.8, 4) is 0 Å². The largest absolute Gasteiger partial charge is 0.207 e. The summed E-state index contributed by atoms with van der Waals surface area (Å²) in [5, 5.41) is 0. The van der Waals surface area contributed by atoms with Crippen molar-refractivity contribution < 1.29 is 4.39 Å². The molecule has 0 saturated heterocycles. The Morgan fingerprint density at radius 3 is 2.67 bits per heavy atom. The fraction of sp³-hybridized carbons (Fsp3) is 0.294. The van der Waals surface area contributed by atoms with E-state index in [-0.39, 0.29) is 11.7 Å². The number of hydrogen-bond donors (Lipinski definition) is 0. The topological polar surface area (TPSA) is 0 Å². The number of benzene rings is 1. The van der Waals surface area contributed by atoms with E-state index < -0.39 is 0 Å². The van der Waals surface area contributed by atoms with Crippen LogP contribution >= 0.6 is 0 Å². The minimum atomic E-state index is -0.130. The lowest BCUT2D eigenvalue weighted by Crippen LogP contribution is -1.95. The predicted octanol–water partition coefficient (Wildman–Crippen LogP) is 5.07. The van der Waals surface area contributed by atoms with Crippen LogP contribution in [0.4, 0.5) is 4.39 Å². The van der Waals surface area contributed by atoms with Gasteiger partial charge in [0.1, 0.15) is 5.82 Å². The van der Waals surface area contributed by atoms with Gasteiger partial charge in [-0.1, -0.05) is 43.4 Å². The van der Waals surface area contributed by atoms with Crippen LogP contribution in [0.15, 0.2) is 53.6 Å². The second kappa shape index (κ2) is 4.93. The first-order valence-electron chi connectivity index (χ1n) is 6.37. The first kappa shape index (κ1) is 12.8. The molecule has 1 atom stereocenters. The van der Waals surface area contributed by atoms with Crippen molar-refractivity contribution in [2.75, 3.05) is 0 Å². The van der Waals surface area contributed by atoms with Gasteiger partial charge in [-0.2, -0.15) is 0 Å². The quantitative estimate of drug-likeness (QED) is 0.694. The van der Waals surface area contributed by atoms with Crippen LogP contribution in [-0.4, -0.2) is 0 Å². The lowest BCUT2D eigenvalue weighted by Gasteiger charge is -2.08. The molecular formula is C17H19F. The van der Waals surface area contributed by atoms with E-state index >= 15 is 0 Å². The Balaban J connectivity index is 2.40. The maximum Gasteiger partial charge on any atom is 0.127 e. The molecule has 0 N–H and O–H groups in total. The van der Waals surface area contributed by atoms with Crippen molar-refractivity contribution >= 4 is 0 Å². The summed E-state index contributed by atoms with van der Waals surface area (Å²) in [6.07, 6.45) is 5.17. The monoisotopic (exact) mass is 242 g/mol. The Hall–Kier alpha value is -1.63. The van der Waals surface area contributed by atoms with Crippen molar-refractivity contribution in [2.45, 2.75) is 33.1 Å². The van der Waals surface area contributed by atoms with Crippen LogP contribution in [0.1, 0.15) is 37.3 Å². The summed E-state index contributed by atoms with van der Waals surface area (Å²) >= 11 is 0. The van der Waals surface area contributed by atoms with E-state index in [9.17, 15) is 4.39 Å². The highest BCUT2D eigenvalue weighted by Crippen LogP contribution is 2.36. The average Bonchev–Trinajstić information content (AvgIpc) is 2.73. The number of hydrogen-bond acceptors (Lipinski definition) is 0. The first-order valence-corrected chi connectivity index (χ1v) is 6.37. The molecule has 0 heterocycles. The van der Waals surface area contributed by atoms with E-state index in [0.717, 1.165) is 23.1 Å². The van der Waals surface area contributed by atoms with Gasteiger partial charge in [-0.15, -0.1) is 0 Å². The zero-order valence-corrected chi connectivity index (χ0v) is 11.3. The van der Waals surface area contributed by atoms with E-state index in [1.165, 1.54) is 11.1 Å². The van der Waals surface area contributed by atoms with Gasteiger partial charge in [-0.3, -0.25) is 0 Å². The summed E-state index contributed by atoms with van der Waals surface area (Å²) in [5.41, 5.74) is 5.36. The molecule has 0 aliphatic heterocycles. The Morgan fingerprint density at radius 1 is 1.28 bits per heavy atom. The van der Waals surface area contributed by atoms with Crippen molar-refractivity contribution in [3.05, 3.63) is 70.6 Å². The summed E-state index contributed by atoms with van der Waals surface area (Å²) in [5.74, 6) is -0.0857. The molecule has 1 aliphatic rings. The highest BCUT2D eigenvalue weighted by atomic mass is 19.1. The average molecular weight is 242 g/mol. The molecule has 0 spiro atoms. The van der Waals surface area contributed by atoms with Crippen LogP contribution in [0.5, 0.6) is 0 Å². The first-order chi connectivity index (χ1) is 8.52. The minimum Gasteiger partial charge on any atom is -0.207 e. The minimum absolute atomic E-state index is 0.0446. The molecule has 1 aliphatic carbocycles. The molecular weight excluding hydrogens is 223 g/mol. The van der Waals surface area contributed by atoms with Crippen LogP contribution in [-0.2, 0) is 0 Å². The van der Waals surface area contributed by atoms with E-state index in [4.69, 9.17) is 0 Å². The number of halogens is 1. The standard InChI is InChI=1S/C17H19F/c1-5-12(3)15-10-14(9-13(15)4)16-8-11(2)6-7-17(16)18/h6-10,14H,3,5H2,1-2,4H3. The van der Waals surface area contributed by atoms with Crippen LogP contribution in [0.3, 0.4) is 0 Å². The molecule has 2 rings (SSSR count). The number of aryl methyl sites for hydroxylation is 1. The molecule has 1 unspecified atom stereocenters. The summed E-state index contributed by atoms with van der Waals surface area (Å²) in [4.78, 5) is 0. The number of allylic oxidation sites excluding steroid dienone is 5. The third-order valence-electron chi connectivity index (χ3n) is 3.52. The van der Waals surface area contributed by atoms with E-state index in [1.807, 2.05) is 13.0 Å². The van der Waals surface area contributed by atoms with Crippen molar-refractivity contribution in [3.63, 3.8) is 0 Å². The van der Waals surface area contributed by atoms with Crippen LogP contribution in [0, 0.1) is 12.7 Å². The molecule has 18 heavy (non-hydrogen) atoms. The van der Waals surface area contributed by atoms with E-state index in [0.29, 0.717) is 0 Å². The van der Waals surface area contributed by atoms with Gasteiger partial charge in [0.25, 0.3) is 0 Å². The molecule has 0 aromatic heterocycles. The summed E-state index contributed by atoms with van der Waals surface area (Å²) in [6, 6.07) is 5.28. The zero-order valence-electron chi connectivity index (χ0n) is 11.3. The number of rotatable bonds is 3. The zero-order chi connectivity index (χ0) is 13.3. The van der Waals surface area contributed by atoms with Gasteiger partial charge in [-0.25, -0.2) is 4.39 Å². The summed E-state index contributed by atoms with van der Waals surface area (Å²) < 4.78 is 13.9. The predicted molar refractivity (Wildman–Crippen MR) is 75.1 cm³/mol. The lowest BCUT2D eigenvalue weighted by molar-refractivity contribution is 0.609. The molecule has 0 bridgehead atoms. The van der Waals surface area contributed by atoms with Crippen LogP contribution in [0.2, 0.25) is 0 Å². The van der Waals surface area contributed by atoms with Gasteiger partial charge >= 0.3 is 0 Å². The fourth-order valence-electron chi connectivity index (χ4n) is 2.40. The molecule has 1 heteroatoms. The molecule has 1 aromatic rings. The van der Waals surface area contributed by atoms with Gasteiger partial charge in [0.15, 0.2) is 0 Å². The molecule has 0 amide bonds. The summed E-state index contributed by atoms with van der Waals surface area (Å²) in [7, 11) is 0. The Morgan fingerprint density at radius 2 is 2.00 bits per heavy atom. The Kier molecular flexibility index (Phi) is 3.51. The lowest BCUT2D eigenvalue weighted by atomic mass is 9.97. The van der Waals surface area contributed by atoms with Crippen LogP contribution < -0.4 is 0 Å². The normalized spacial score (nSPS) is 18.6. The highest BCUT2D eigenvalue weighted by Gasteiger charge is 2.19. The summed E-state index contributed by atoms with van der Waals surface area (Å²) in [6.45, 7) is 10.2. The van der Waals surface area contributed by atoms with Crippen molar-refractivity contribution in [1.82, 2.24) is 0 Å². The van der Waals surface area contributed by atoms with Gasteiger partial charge in [0.05, 0.1) is 0 Å². The smallest absolute Gasteiger partial charge is 0.127 e. The maximum atomic E-state index is 13.9. The maximum absolute atomic E-state index is 13.9. The molecule has 1 aromatic carbocycles. The van der Waals surface area contributed by atoms with Crippen molar-refractivity contribution in [2.24, 2.45) is 0 Å². The van der Waals surface area contributed by atoms with E-state index in [2.05, 4.69) is 32.6 Å². The molecule has 0 nitrogen and oxygen atoms in total. The second-order valence-corrected chi connectivity index (χ2v) is 4.94. The fourth-order valence-corrected chi connectivity index (χ4v) is 2.40. The molecule has 0 radical (unpaired) electrons. The van der Waals surface area contributed by atoms with E-state index in [1.54, 1.807) is 12.1 Å². The van der Waals surface area contributed by atoms with Gasteiger partial charge in [0, 0.05) is 5.92 Å². The van der Waals surface area contributed by atoms with Gasteiger partial charge in [-0.05, 0) is 48.6 Å². The third kappa shape index (κ3) is 2.31. The van der Waals surface area contributed by atoms with Crippen molar-refractivity contribution in [1.29, 1.82) is 0 Å². The van der Waals surface area contributed by atoms with Crippen LogP contribution in [0.25, 0.3) is 0 Å².